The van der Waals surface area contributed by atoms with Gasteiger partial charge in [-0.15, -0.1) is 0 Å². The minimum Gasteiger partial charge on any atom is -0.508 e. The summed E-state index contributed by atoms with van der Waals surface area (Å²) < 4.78 is 29.0. The molecule has 0 bridgehead atoms. The molecule has 0 heterocycles. The highest BCUT2D eigenvalue weighted by atomic mass is 79.9. The number of halogens is 4. The first-order valence-corrected chi connectivity index (χ1v) is 6.71. The van der Waals surface area contributed by atoms with Gasteiger partial charge in [0.15, 0.2) is 0 Å². The molecule has 2 aromatic carbocycles. The van der Waals surface area contributed by atoms with Crippen molar-refractivity contribution < 1.29 is 18.6 Å². The van der Waals surface area contributed by atoms with Crippen molar-refractivity contribution in [1.29, 1.82) is 0 Å². The average Bonchev–Trinajstić information content (AvgIpc) is 2.28. The second-order valence-corrected chi connectivity index (χ2v) is 5.15. The lowest BCUT2D eigenvalue weighted by molar-refractivity contribution is -0.0498. The fourth-order valence-corrected chi connectivity index (χ4v) is 1.88. The molecule has 0 aliphatic heterocycles. The van der Waals surface area contributed by atoms with Crippen LogP contribution in [0.15, 0.2) is 57.5 Å². The topological polar surface area (TPSA) is 29.5 Å². The van der Waals surface area contributed by atoms with Gasteiger partial charge in [0.2, 0.25) is 0 Å². The molecule has 0 aromatic heterocycles. The number of hydrogen-bond acceptors (Lipinski definition) is 2. The van der Waals surface area contributed by atoms with E-state index in [0.29, 0.717) is 5.75 Å². The largest absolute Gasteiger partial charge is 0.508 e. The van der Waals surface area contributed by atoms with Gasteiger partial charge in [-0.25, -0.2) is 0 Å². The molecule has 0 saturated heterocycles. The Balaban J connectivity index is 0.000000200. The normalized spacial score (nSPS) is 9.74. The zero-order valence-corrected chi connectivity index (χ0v) is 12.7. The van der Waals surface area contributed by atoms with Gasteiger partial charge in [-0.1, -0.05) is 44.0 Å². The molecule has 0 fully saturated rings. The number of phenolic OH excluding ortho intramolecular Hbond substituents is 1. The summed E-state index contributed by atoms with van der Waals surface area (Å²) in [6.07, 6.45) is 0. The number of alkyl halides is 2. The number of benzene rings is 2. The zero-order chi connectivity index (χ0) is 14.3. The van der Waals surface area contributed by atoms with Crippen molar-refractivity contribution in [2.24, 2.45) is 0 Å². The van der Waals surface area contributed by atoms with Crippen LogP contribution in [0.1, 0.15) is 0 Å². The van der Waals surface area contributed by atoms with Gasteiger partial charge < -0.3 is 9.84 Å². The fraction of sp³-hybridized carbons (Fsp3) is 0.0769. The quantitative estimate of drug-likeness (QED) is 0.756. The van der Waals surface area contributed by atoms with E-state index in [1.807, 2.05) is 6.07 Å². The SMILES string of the molecule is FC(F)Oc1cccc(Br)c1.Oc1cccc(Br)c1. The Kier molecular flexibility index (Phi) is 6.80. The molecule has 0 radical (unpaired) electrons. The van der Waals surface area contributed by atoms with E-state index >= 15 is 0 Å². The standard InChI is InChI=1S/C7H5BrF2O.C6H5BrO/c8-5-2-1-3-6(4-5)11-7(9)10;7-5-2-1-3-6(8)4-5/h1-4,7H;1-4,8H. The summed E-state index contributed by atoms with van der Waals surface area (Å²) in [4.78, 5) is 0. The smallest absolute Gasteiger partial charge is 0.387 e. The van der Waals surface area contributed by atoms with E-state index in [1.54, 1.807) is 30.3 Å². The first-order valence-electron chi connectivity index (χ1n) is 5.12. The van der Waals surface area contributed by atoms with E-state index in [2.05, 4.69) is 36.6 Å². The molecule has 0 aliphatic carbocycles. The Morgan fingerprint density at radius 2 is 1.53 bits per heavy atom. The highest BCUT2D eigenvalue weighted by molar-refractivity contribution is 9.10. The summed E-state index contributed by atoms with van der Waals surface area (Å²) in [6.45, 7) is -2.76. The summed E-state index contributed by atoms with van der Waals surface area (Å²) >= 11 is 6.33. The maximum absolute atomic E-state index is 11.6. The summed E-state index contributed by atoms with van der Waals surface area (Å²) in [7, 11) is 0. The maximum atomic E-state index is 11.6. The lowest BCUT2D eigenvalue weighted by Crippen LogP contribution is -2.01. The Bertz CT molecular complexity index is 504. The summed E-state index contributed by atoms with van der Waals surface area (Å²) in [5.74, 6) is 0.453. The van der Waals surface area contributed by atoms with Gasteiger partial charge in [-0.2, -0.15) is 8.78 Å². The average molecular weight is 396 g/mol. The zero-order valence-electron chi connectivity index (χ0n) is 9.56. The molecule has 0 atom stereocenters. The molecule has 19 heavy (non-hydrogen) atoms. The molecule has 2 nitrogen and oxygen atoms in total. The van der Waals surface area contributed by atoms with Crippen molar-refractivity contribution in [3.63, 3.8) is 0 Å². The third-order valence-corrected chi connectivity index (χ3v) is 2.82. The summed E-state index contributed by atoms with van der Waals surface area (Å²) in [5.41, 5.74) is 0. The van der Waals surface area contributed by atoms with Crippen molar-refractivity contribution in [3.05, 3.63) is 57.5 Å². The molecule has 1 N–H and O–H groups in total. The maximum Gasteiger partial charge on any atom is 0.387 e. The molecule has 0 spiro atoms. The first kappa shape index (κ1) is 15.9. The van der Waals surface area contributed by atoms with Crippen molar-refractivity contribution in [1.82, 2.24) is 0 Å². The molecule has 102 valence electrons. The van der Waals surface area contributed by atoms with Gasteiger partial charge in [-0.3, -0.25) is 0 Å². The number of phenols is 1. The highest BCUT2D eigenvalue weighted by Gasteiger charge is 2.02. The lowest BCUT2D eigenvalue weighted by atomic mass is 10.3. The van der Waals surface area contributed by atoms with Crippen LogP contribution in [0.4, 0.5) is 8.78 Å². The third kappa shape index (κ3) is 7.12. The van der Waals surface area contributed by atoms with Crippen LogP contribution >= 0.6 is 31.9 Å². The Morgan fingerprint density at radius 3 is 1.95 bits per heavy atom. The Hall–Kier alpha value is -1.14. The predicted octanol–water partition coefficient (Wildman–Crippen LogP) is 5.21. The van der Waals surface area contributed by atoms with Crippen LogP contribution in [0.3, 0.4) is 0 Å². The van der Waals surface area contributed by atoms with Gasteiger partial charge in [0, 0.05) is 8.95 Å². The van der Waals surface area contributed by atoms with E-state index in [-0.39, 0.29) is 5.75 Å². The van der Waals surface area contributed by atoms with E-state index in [1.165, 1.54) is 12.1 Å². The number of hydrogen-bond donors (Lipinski definition) is 1. The van der Waals surface area contributed by atoms with Gasteiger partial charge in [0.25, 0.3) is 0 Å². The molecule has 0 unspecified atom stereocenters. The first-order chi connectivity index (χ1) is 8.97. The number of rotatable bonds is 2. The third-order valence-electron chi connectivity index (χ3n) is 1.83. The van der Waals surface area contributed by atoms with Crippen molar-refractivity contribution in [2.75, 3.05) is 0 Å². The molecular weight excluding hydrogens is 386 g/mol. The van der Waals surface area contributed by atoms with Gasteiger partial charge >= 0.3 is 6.61 Å². The second-order valence-electron chi connectivity index (χ2n) is 3.32. The minimum atomic E-state index is -2.76. The van der Waals surface area contributed by atoms with Crippen LogP contribution in [0.25, 0.3) is 0 Å². The van der Waals surface area contributed by atoms with E-state index in [0.717, 1.165) is 8.95 Å². The Morgan fingerprint density at radius 1 is 0.947 bits per heavy atom. The Labute approximate surface area is 126 Å². The van der Waals surface area contributed by atoms with Crippen LogP contribution in [-0.2, 0) is 0 Å². The number of ether oxygens (including phenoxy) is 1. The van der Waals surface area contributed by atoms with Crippen LogP contribution < -0.4 is 4.74 Å². The fourth-order valence-electron chi connectivity index (χ4n) is 1.12. The van der Waals surface area contributed by atoms with E-state index in [4.69, 9.17) is 5.11 Å². The van der Waals surface area contributed by atoms with E-state index < -0.39 is 6.61 Å². The molecule has 0 saturated carbocycles. The molecule has 0 amide bonds. The van der Waals surface area contributed by atoms with Crippen molar-refractivity contribution >= 4 is 31.9 Å². The minimum absolute atomic E-state index is 0.161. The predicted molar refractivity (Wildman–Crippen MR) is 76.6 cm³/mol. The van der Waals surface area contributed by atoms with Crippen LogP contribution in [0.2, 0.25) is 0 Å². The molecule has 0 aliphatic rings. The number of aromatic hydroxyl groups is 1. The van der Waals surface area contributed by atoms with E-state index in [9.17, 15) is 8.78 Å². The van der Waals surface area contributed by atoms with Crippen LogP contribution in [0.5, 0.6) is 11.5 Å². The van der Waals surface area contributed by atoms with Gasteiger partial charge in [0.05, 0.1) is 0 Å². The molecule has 6 heteroatoms. The van der Waals surface area contributed by atoms with Gasteiger partial charge in [0.1, 0.15) is 11.5 Å². The van der Waals surface area contributed by atoms with Crippen molar-refractivity contribution in [3.8, 4) is 11.5 Å². The highest BCUT2D eigenvalue weighted by Crippen LogP contribution is 2.19. The summed E-state index contributed by atoms with van der Waals surface area (Å²) in [5, 5.41) is 8.78. The molecule has 2 rings (SSSR count). The lowest BCUT2D eigenvalue weighted by Gasteiger charge is -2.02. The molecular formula is C13H10Br2F2O2. The monoisotopic (exact) mass is 394 g/mol. The van der Waals surface area contributed by atoms with Crippen LogP contribution in [0, 0.1) is 0 Å². The molecule has 2 aromatic rings. The summed E-state index contributed by atoms with van der Waals surface area (Å²) in [6, 6.07) is 13.2. The van der Waals surface area contributed by atoms with Crippen molar-refractivity contribution in [2.45, 2.75) is 6.61 Å². The second kappa shape index (κ2) is 8.12. The van der Waals surface area contributed by atoms with Gasteiger partial charge in [-0.05, 0) is 36.4 Å². The van der Waals surface area contributed by atoms with Crippen LogP contribution in [-0.4, -0.2) is 11.7 Å².